The first kappa shape index (κ1) is 23.8. The number of nitrogens with zero attached hydrogens (tertiary/aromatic N) is 1. The van der Waals surface area contributed by atoms with E-state index in [2.05, 4.69) is 26.5 Å². The average Bonchev–Trinajstić information content (AvgIpc) is 2.84. The third kappa shape index (κ3) is 5.89. The molecule has 3 aromatic rings. The van der Waals surface area contributed by atoms with E-state index in [1.165, 1.54) is 39.7 Å². The Bertz CT molecular complexity index is 1160. The van der Waals surface area contributed by atoms with E-state index in [0.717, 1.165) is 4.47 Å². The third-order valence-electron chi connectivity index (χ3n) is 4.48. The van der Waals surface area contributed by atoms with Crippen LogP contribution < -0.4 is 24.4 Å². The largest absolute Gasteiger partial charge is 0.493 e. The van der Waals surface area contributed by atoms with Gasteiger partial charge in [-0.25, -0.2) is 10.2 Å². The van der Waals surface area contributed by atoms with Gasteiger partial charge in [-0.3, -0.25) is 4.79 Å². The molecule has 0 heterocycles. The van der Waals surface area contributed by atoms with Crippen LogP contribution in [-0.2, 0) is 0 Å². The Morgan fingerprint density at radius 1 is 0.848 bits per heavy atom. The Morgan fingerprint density at radius 2 is 1.52 bits per heavy atom. The minimum absolute atomic E-state index is 0.256. The van der Waals surface area contributed by atoms with E-state index in [4.69, 9.17) is 18.9 Å². The number of halogens is 1. The molecule has 0 aromatic heterocycles. The fourth-order valence-electron chi connectivity index (χ4n) is 2.88. The fraction of sp³-hybridized carbons (Fsp3) is 0.125. The van der Waals surface area contributed by atoms with Crippen molar-refractivity contribution >= 4 is 34.0 Å². The first-order valence-corrected chi connectivity index (χ1v) is 10.5. The molecule has 0 aliphatic heterocycles. The molecule has 8 nitrogen and oxygen atoms in total. The number of carbonyl (C=O) groups is 2. The molecule has 9 heteroatoms. The number of amides is 1. The van der Waals surface area contributed by atoms with E-state index in [1.54, 1.807) is 42.5 Å². The Morgan fingerprint density at radius 3 is 2.12 bits per heavy atom. The summed E-state index contributed by atoms with van der Waals surface area (Å²) in [5.74, 6) is 0.343. The van der Waals surface area contributed by atoms with Crippen LogP contribution in [0.15, 0.2) is 70.2 Å². The van der Waals surface area contributed by atoms with Crippen molar-refractivity contribution in [1.82, 2.24) is 5.43 Å². The molecule has 0 saturated heterocycles. The third-order valence-corrected chi connectivity index (χ3v) is 4.97. The van der Waals surface area contributed by atoms with Crippen LogP contribution in [0.5, 0.6) is 23.0 Å². The molecule has 0 aliphatic rings. The van der Waals surface area contributed by atoms with Crippen molar-refractivity contribution in [3.8, 4) is 23.0 Å². The smallest absolute Gasteiger partial charge is 0.343 e. The molecule has 0 aliphatic carbocycles. The summed E-state index contributed by atoms with van der Waals surface area (Å²) < 4.78 is 22.1. The maximum absolute atomic E-state index is 12.6. The molecule has 0 spiro atoms. The molecule has 1 amide bonds. The predicted molar refractivity (Wildman–Crippen MR) is 127 cm³/mol. The van der Waals surface area contributed by atoms with Crippen LogP contribution >= 0.6 is 15.9 Å². The summed E-state index contributed by atoms with van der Waals surface area (Å²) in [6.45, 7) is 0. The van der Waals surface area contributed by atoms with Crippen molar-refractivity contribution in [2.24, 2.45) is 5.10 Å². The summed E-state index contributed by atoms with van der Waals surface area (Å²) >= 11 is 3.38. The topological polar surface area (TPSA) is 95.5 Å². The van der Waals surface area contributed by atoms with Crippen LogP contribution in [-0.4, -0.2) is 39.4 Å². The van der Waals surface area contributed by atoms with E-state index in [9.17, 15) is 9.59 Å². The summed E-state index contributed by atoms with van der Waals surface area (Å²) in [7, 11) is 4.40. The van der Waals surface area contributed by atoms with Gasteiger partial charge in [-0.1, -0.05) is 34.1 Å². The molecule has 0 radical (unpaired) electrons. The van der Waals surface area contributed by atoms with Crippen LogP contribution in [0.3, 0.4) is 0 Å². The molecule has 3 aromatic carbocycles. The standard InChI is InChI=1S/C24H21BrN2O6/c1-30-20-12-16(13-21(31-2)22(20)32-3)23(28)27-26-14-17-11-18(25)9-10-19(17)33-24(29)15-7-5-4-6-8-15/h4-14H,1-3H3,(H,27,28)/b26-14+. The average molecular weight is 513 g/mol. The number of carbonyl (C=O) groups excluding carboxylic acids is 2. The molecule has 0 unspecified atom stereocenters. The number of hydrogen-bond acceptors (Lipinski definition) is 7. The van der Waals surface area contributed by atoms with E-state index in [-0.39, 0.29) is 11.3 Å². The van der Waals surface area contributed by atoms with Crippen LogP contribution in [0, 0.1) is 0 Å². The number of rotatable bonds is 8. The van der Waals surface area contributed by atoms with Gasteiger partial charge in [0.2, 0.25) is 5.75 Å². The Hall–Kier alpha value is -3.85. The lowest BCUT2D eigenvalue weighted by molar-refractivity contribution is 0.0734. The zero-order chi connectivity index (χ0) is 23.8. The maximum atomic E-state index is 12.6. The molecule has 0 bridgehead atoms. The van der Waals surface area contributed by atoms with Gasteiger partial charge in [-0.2, -0.15) is 5.10 Å². The summed E-state index contributed by atoms with van der Waals surface area (Å²) in [5.41, 5.74) is 3.60. The molecule has 33 heavy (non-hydrogen) atoms. The van der Waals surface area contributed by atoms with Crippen molar-refractivity contribution in [1.29, 1.82) is 0 Å². The van der Waals surface area contributed by atoms with Crippen molar-refractivity contribution in [3.05, 3.63) is 81.8 Å². The molecule has 0 atom stereocenters. The van der Waals surface area contributed by atoms with Crippen molar-refractivity contribution in [2.45, 2.75) is 0 Å². The first-order chi connectivity index (χ1) is 16.0. The monoisotopic (exact) mass is 512 g/mol. The van der Waals surface area contributed by atoms with Gasteiger partial charge in [0, 0.05) is 15.6 Å². The number of methoxy groups -OCH3 is 3. The molecule has 0 fully saturated rings. The second kappa shape index (κ2) is 11.1. The lowest BCUT2D eigenvalue weighted by Gasteiger charge is -2.13. The van der Waals surface area contributed by atoms with Gasteiger partial charge in [0.05, 0.1) is 33.1 Å². The predicted octanol–water partition coefficient (Wildman–Crippen LogP) is 4.46. The van der Waals surface area contributed by atoms with Gasteiger partial charge in [0.25, 0.3) is 5.91 Å². The Balaban J connectivity index is 1.78. The van der Waals surface area contributed by atoms with Gasteiger partial charge >= 0.3 is 5.97 Å². The molecule has 0 saturated carbocycles. The van der Waals surface area contributed by atoms with Gasteiger partial charge in [-0.15, -0.1) is 0 Å². The minimum atomic E-state index is -0.506. The maximum Gasteiger partial charge on any atom is 0.343 e. The van der Waals surface area contributed by atoms with E-state index in [0.29, 0.717) is 28.4 Å². The van der Waals surface area contributed by atoms with Gasteiger partial charge in [-0.05, 0) is 42.5 Å². The van der Waals surface area contributed by atoms with Crippen LogP contribution in [0.2, 0.25) is 0 Å². The van der Waals surface area contributed by atoms with Crippen molar-refractivity contribution in [2.75, 3.05) is 21.3 Å². The zero-order valence-electron chi connectivity index (χ0n) is 18.1. The second-order valence-electron chi connectivity index (χ2n) is 6.55. The first-order valence-electron chi connectivity index (χ1n) is 9.67. The number of hydrazone groups is 1. The van der Waals surface area contributed by atoms with E-state index >= 15 is 0 Å². The highest BCUT2D eigenvalue weighted by Crippen LogP contribution is 2.38. The molecule has 170 valence electrons. The lowest BCUT2D eigenvalue weighted by Crippen LogP contribution is -2.18. The molecule has 1 N–H and O–H groups in total. The van der Waals surface area contributed by atoms with Crippen molar-refractivity contribution < 1.29 is 28.5 Å². The number of esters is 1. The quantitative estimate of drug-likeness (QED) is 0.207. The van der Waals surface area contributed by atoms with E-state index in [1.807, 2.05) is 6.07 Å². The lowest BCUT2D eigenvalue weighted by atomic mass is 10.1. The summed E-state index contributed by atoms with van der Waals surface area (Å²) in [4.78, 5) is 25.0. The SMILES string of the molecule is COc1cc(C(=O)N/N=C/c2cc(Br)ccc2OC(=O)c2ccccc2)cc(OC)c1OC. The van der Waals surface area contributed by atoms with Gasteiger partial charge in [0.1, 0.15) is 5.75 Å². The zero-order valence-corrected chi connectivity index (χ0v) is 19.7. The normalized spacial score (nSPS) is 10.5. The van der Waals surface area contributed by atoms with Crippen molar-refractivity contribution in [3.63, 3.8) is 0 Å². The van der Waals surface area contributed by atoms with Crippen LogP contribution in [0.25, 0.3) is 0 Å². The highest BCUT2D eigenvalue weighted by atomic mass is 79.9. The van der Waals surface area contributed by atoms with E-state index < -0.39 is 11.9 Å². The Labute approximate surface area is 199 Å². The number of ether oxygens (including phenoxy) is 4. The molecular weight excluding hydrogens is 492 g/mol. The van der Waals surface area contributed by atoms with Crippen LogP contribution in [0.4, 0.5) is 0 Å². The second-order valence-corrected chi connectivity index (χ2v) is 7.47. The molecular formula is C24H21BrN2O6. The van der Waals surface area contributed by atoms with Gasteiger partial charge in [0.15, 0.2) is 11.5 Å². The Kier molecular flexibility index (Phi) is 8.04. The van der Waals surface area contributed by atoms with Crippen LogP contribution in [0.1, 0.15) is 26.3 Å². The number of nitrogens with one attached hydrogen (secondary N) is 1. The summed E-state index contributed by atoms with van der Waals surface area (Å²) in [5, 5.41) is 4.00. The molecule has 3 rings (SSSR count). The van der Waals surface area contributed by atoms with Gasteiger partial charge < -0.3 is 18.9 Å². The number of benzene rings is 3. The fourth-order valence-corrected chi connectivity index (χ4v) is 3.26. The highest BCUT2D eigenvalue weighted by Gasteiger charge is 2.17. The highest BCUT2D eigenvalue weighted by molar-refractivity contribution is 9.10. The number of hydrogen-bond donors (Lipinski definition) is 1. The minimum Gasteiger partial charge on any atom is -0.493 e. The summed E-state index contributed by atoms with van der Waals surface area (Å²) in [6.07, 6.45) is 1.38. The summed E-state index contributed by atoms with van der Waals surface area (Å²) in [6, 6.07) is 16.7.